The van der Waals surface area contributed by atoms with Crippen molar-refractivity contribution in [2.45, 2.75) is 48.0 Å². The predicted octanol–water partition coefficient (Wildman–Crippen LogP) is 3.88. The molecule has 2 radical (unpaired) electrons. The van der Waals surface area contributed by atoms with Gasteiger partial charge in [0, 0.05) is 6.42 Å². The molecule has 0 N–H and O–H groups in total. The minimum atomic E-state index is -0.669. The highest BCUT2D eigenvalue weighted by Gasteiger charge is 2.28. The zero-order valence-corrected chi connectivity index (χ0v) is 17.3. The molecule has 0 heterocycles. The fourth-order valence-corrected chi connectivity index (χ4v) is 1.80. The van der Waals surface area contributed by atoms with Gasteiger partial charge >= 0.3 is 11.9 Å². The SMILES string of the molecule is [CH][N+](C)(C)CCc1ccc(OC(=O)C(C)(C)C)c(OC(=O)C(C)(C)C)c1. The first-order valence-corrected chi connectivity index (χ1v) is 8.79. The lowest BCUT2D eigenvalue weighted by molar-refractivity contribution is -0.845. The van der Waals surface area contributed by atoms with Gasteiger partial charge in [-0.25, -0.2) is 0 Å². The summed E-state index contributed by atoms with van der Waals surface area (Å²) in [5.41, 5.74) is -0.378. The van der Waals surface area contributed by atoms with Gasteiger partial charge in [0.25, 0.3) is 0 Å². The summed E-state index contributed by atoms with van der Waals surface area (Å²) in [5.74, 6) is -0.286. The van der Waals surface area contributed by atoms with Crippen LogP contribution in [0.15, 0.2) is 18.2 Å². The number of quaternary nitrogens is 1. The predicted molar refractivity (Wildman–Crippen MR) is 102 cm³/mol. The molecule has 5 nitrogen and oxygen atoms in total. The zero-order chi connectivity index (χ0) is 20.3. The Kier molecular flexibility index (Phi) is 6.64. The van der Waals surface area contributed by atoms with Crippen molar-refractivity contribution < 1.29 is 23.5 Å². The van der Waals surface area contributed by atoms with E-state index in [9.17, 15) is 9.59 Å². The highest BCUT2D eigenvalue weighted by molar-refractivity contribution is 5.81. The number of nitrogens with zero attached hydrogens (tertiary/aromatic N) is 1. The fourth-order valence-electron chi connectivity index (χ4n) is 1.80. The van der Waals surface area contributed by atoms with Crippen LogP contribution in [-0.4, -0.2) is 37.1 Å². The van der Waals surface area contributed by atoms with Crippen molar-refractivity contribution >= 4 is 11.9 Å². The van der Waals surface area contributed by atoms with Crippen LogP contribution in [0.3, 0.4) is 0 Å². The van der Waals surface area contributed by atoms with E-state index >= 15 is 0 Å². The molecule has 0 spiro atoms. The molecule has 0 aliphatic carbocycles. The maximum absolute atomic E-state index is 12.3. The van der Waals surface area contributed by atoms with E-state index < -0.39 is 22.8 Å². The average Bonchev–Trinajstić information content (AvgIpc) is 2.44. The van der Waals surface area contributed by atoms with Crippen LogP contribution in [0.1, 0.15) is 47.1 Å². The lowest BCUT2D eigenvalue weighted by Gasteiger charge is -2.23. The Hall–Kier alpha value is -1.88. The van der Waals surface area contributed by atoms with Crippen molar-refractivity contribution in [1.29, 1.82) is 0 Å². The second-order valence-corrected chi connectivity index (χ2v) is 9.31. The topological polar surface area (TPSA) is 52.6 Å². The van der Waals surface area contributed by atoms with Crippen LogP contribution >= 0.6 is 0 Å². The number of benzene rings is 1. The van der Waals surface area contributed by atoms with Crippen molar-refractivity contribution in [2.24, 2.45) is 10.8 Å². The van der Waals surface area contributed by atoms with Crippen LogP contribution in [0, 0.1) is 17.9 Å². The minimum absolute atomic E-state index is 0.243. The van der Waals surface area contributed by atoms with Gasteiger partial charge in [-0.3, -0.25) is 9.59 Å². The van der Waals surface area contributed by atoms with Gasteiger partial charge in [-0.15, -0.1) is 0 Å². The van der Waals surface area contributed by atoms with Crippen molar-refractivity contribution in [2.75, 3.05) is 20.6 Å². The summed E-state index contributed by atoms with van der Waals surface area (Å²) in [6, 6.07) is 5.26. The molecule has 144 valence electrons. The molecule has 0 aliphatic heterocycles. The molecule has 1 aromatic carbocycles. The van der Waals surface area contributed by atoms with Crippen molar-refractivity contribution in [3.05, 3.63) is 30.8 Å². The number of likely N-dealkylation sites (N-methyl/N-ethyl adjacent to an activating group) is 1. The standard InChI is InChI=1S/C21H32NO4/c1-20(2,3)18(23)25-16-11-10-15(12-13-22(7,8)9)14-17(16)26-19(24)21(4,5)6/h7,10-11,14H,12-13H2,1-6,8-9H3/q+1. The molecule has 0 saturated carbocycles. The smallest absolute Gasteiger partial charge is 0.316 e. The third-order valence-corrected chi connectivity index (χ3v) is 3.61. The molecule has 0 amide bonds. The zero-order valence-electron chi connectivity index (χ0n) is 17.3. The number of hydrogen-bond acceptors (Lipinski definition) is 4. The van der Waals surface area contributed by atoms with Gasteiger partial charge in [0.1, 0.15) is 0 Å². The van der Waals surface area contributed by atoms with Crippen LogP contribution in [0.2, 0.25) is 0 Å². The average molecular weight is 362 g/mol. The van der Waals surface area contributed by atoms with Gasteiger partial charge in [-0.1, -0.05) is 6.07 Å². The molecule has 0 unspecified atom stereocenters. The first kappa shape index (κ1) is 22.2. The van der Waals surface area contributed by atoms with Crippen molar-refractivity contribution in [3.8, 4) is 11.5 Å². The van der Waals surface area contributed by atoms with Gasteiger partial charge in [-0.05, 0) is 59.2 Å². The molecular formula is C21H32NO4+. The Morgan fingerprint density at radius 2 is 1.38 bits per heavy atom. The number of rotatable bonds is 5. The molecule has 26 heavy (non-hydrogen) atoms. The highest BCUT2D eigenvalue weighted by atomic mass is 16.6. The summed E-state index contributed by atoms with van der Waals surface area (Å²) in [7, 11) is 9.79. The Balaban J connectivity index is 3.15. The Labute approximate surface area is 157 Å². The number of esters is 2. The molecule has 0 fully saturated rings. The maximum atomic E-state index is 12.3. The Morgan fingerprint density at radius 3 is 1.81 bits per heavy atom. The second kappa shape index (κ2) is 7.78. The first-order chi connectivity index (χ1) is 11.6. The van der Waals surface area contributed by atoms with Crippen LogP contribution < -0.4 is 9.47 Å². The van der Waals surface area contributed by atoms with Gasteiger partial charge in [-0.2, -0.15) is 0 Å². The van der Waals surface area contributed by atoms with Gasteiger partial charge in [0.05, 0.1) is 31.5 Å². The van der Waals surface area contributed by atoms with E-state index in [1.165, 1.54) is 0 Å². The second-order valence-electron chi connectivity index (χ2n) is 9.31. The summed E-state index contributed by atoms with van der Waals surface area (Å²) in [4.78, 5) is 24.5. The number of carbonyl (C=O) groups is 2. The molecule has 0 bridgehead atoms. The minimum Gasteiger partial charge on any atom is -0.422 e. The van der Waals surface area contributed by atoms with E-state index in [0.717, 1.165) is 5.56 Å². The molecule has 0 aromatic heterocycles. The summed E-state index contributed by atoms with van der Waals surface area (Å²) in [5, 5.41) is 0. The van der Waals surface area contributed by atoms with E-state index in [4.69, 9.17) is 16.5 Å². The normalized spacial score (nSPS) is 12.7. The molecule has 1 aromatic rings. The number of carbonyl (C=O) groups excluding carboxylic acids is 2. The van der Waals surface area contributed by atoms with E-state index in [-0.39, 0.29) is 11.5 Å². The first-order valence-electron chi connectivity index (χ1n) is 8.79. The lowest BCUT2D eigenvalue weighted by Crippen LogP contribution is -2.33. The maximum Gasteiger partial charge on any atom is 0.316 e. The number of ether oxygens (including phenoxy) is 2. The summed E-state index contributed by atoms with van der Waals surface area (Å²) >= 11 is 0. The highest BCUT2D eigenvalue weighted by Crippen LogP contribution is 2.32. The summed E-state index contributed by atoms with van der Waals surface area (Å²) in [6.45, 7) is 11.3. The van der Waals surface area contributed by atoms with Crippen molar-refractivity contribution in [3.63, 3.8) is 0 Å². The van der Waals surface area contributed by atoms with Gasteiger partial charge < -0.3 is 14.0 Å². The van der Waals surface area contributed by atoms with E-state index in [2.05, 4.69) is 0 Å². The molecule has 0 saturated heterocycles. The summed E-state index contributed by atoms with van der Waals surface area (Å²) < 4.78 is 11.4. The lowest BCUT2D eigenvalue weighted by atomic mass is 9.97. The fraction of sp³-hybridized carbons (Fsp3) is 0.571. The number of hydrogen-bond donors (Lipinski definition) is 0. The Bertz CT molecular complexity index is 658. The van der Waals surface area contributed by atoms with E-state index in [0.29, 0.717) is 17.4 Å². The van der Waals surface area contributed by atoms with E-state index in [1.54, 1.807) is 53.7 Å². The van der Waals surface area contributed by atoms with Gasteiger partial charge in [0.15, 0.2) is 11.5 Å². The van der Waals surface area contributed by atoms with Crippen LogP contribution in [0.25, 0.3) is 0 Å². The molecule has 1 rings (SSSR count). The quantitative estimate of drug-likeness (QED) is 0.453. The van der Waals surface area contributed by atoms with Crippen molar-refractivity contribution in [1.82, 2.24) is 0 Å². The Morgan fingerprint density at radius 1 is 0.923 bits per heavy atom. The van der Waals surface area contributed by atoms with Crippen LogP contribution in [-0.2, 0) is 16.0 Å². The largest absolute Gasteiger partial charge is 0.422 e. The third-order valence-electron chi connectivity index (χ3n) is 3.61. The van der Waals surface area contributed by atoms with Gasteiger partial charge in [0.2, 0.25) is 7.05 Å². The summed E-state index contributed by atoms with van der Waals surface area (Å²) in [6.07, 6.45) is 0.705. The van der Waals surface area contributed by atoms with E-state index in [1.807, 2.05) is 20.2 Å². The molecular weight excluding hydrogens is 330 g/mol. The molecule has 0 atom stereocenters. The molecule has 5 heteroatoms. The molecule has 0 aliphatic rings. The van der Waals surface area contributed by atoms with Crippen LogP contribution in [0.4, 0.5) is 0 Å². The third kappa shape index (κ3) is 7.16. The van der Waals surface area contributed by atoms with Crippen LogP contribution in [0.5, 0.6) is 11.5 Å². The monoisotopic (exact) mass is 362 g/mol.